The Balaban J connectivity index is 4.00. The lowest BCUT2D eigenvalue weighted by Gasteiger charge is -2.14. The molecule has 2 unspecified atom stereocenters. The minimum Gasteiger partial charge on any atom is -0.481 e. The Morgan fingerprint density at radius 1 is 0.600 bits per heavy atom. The standard InChI is InChI=1S/C29H55N3O6S2/c30-19-13-9-5-1-3-7-11-15-25(33)23-24(28(35)36)17-21-39-40-22-18-26(29(37)38)32-27(34)16-12-8-4-2-6-10-14-20-31/h24,26H,1-23,30-31H2,(H,32,34)(H,35,36)(H,37,38). The van der Waals surface area contributed by atoms with Crippen molar-refractivity contribution in [1.82, 2.24) is 5.32 Å². The van der Waals surface area contributed by atoms with Crippen LogP contribution in [-0.2, 0) is 19.2 Å². The van der Waals surface area contributed by atoms with Crippen molar-refractivity contribution in [1.29, 1.82) is 0 Å². The Kier molecular flexibility index (Phi) is 26.9. The first-order valence-corrected chi connectivity index (χ1v) is 17.7. The third-order valence-electron chi connectivity index (χ3n) is 6.85. The SMILES string of the molecule is NCCCCCCCCCC(=O)CC(CCSSCCC(NC(=O)CCCCCCCCCN)C(=O)O)C(=O)O. The van der Waals surface area contributed by atoms with E-state index in [1.165, 1.54) is 28.0 Å². The molecule has 0 aliphatic heterocycles. The number of hydrogen-bond acceptors (Lipinski definition) is 8. The van der Waals surface area contributed by atoms with Crippen LogP contribution in [0.15, 0.2) is 0 Å². The quantitative estimate of drug-likeness (QED) is 0.0517. The van der Waals surface area contributed by atoms with Crippen molar-refractivity contribution in [3.63, 3.8) is 0 Å². The molecule has 0 fully saturated rings. The molecule has 0 saturated heterocycles. The Hall–Kier alpha value is -1.30. The second-order valence-corrected chi connectivity index (χ2v) is 13.2. The second kappa shape index (κ2) is 27.8. The summed E-state index contributed by atoms with van der Waals surface area (Å²) in [6, 6.07) is -0.924. The summed E-state index contributed by atoms with van der Waals surface area (Å²) in [7, 11) is 2.95. The van der Waals surface area contributed by atoms with Crippen LogP contribution < -0.4 is 16.8 Å². The van der Waals surface area contributed by atoms with Crippen LogP contribution >= 0.6 is 21.6 Å². The van der Waals surface area contributed by atoms with Gasteiger partial charge in [0, 0.05) is 30.8 Å². The third-order valence-corrected chi connectivity index (χ3v) is 9.32. The number of amides is 1. The zero-order chi connectivity index (χ0) is 29.8. The molecule has 2 atom stereocenters. The zero-order valence-corrected chi connectivity index (χ0v) is 26.0. The highest BCUT2D eigenvalue weighted by atomic mass is 33.1. The molecule has 0 bridgehead atoms. The van der Waals surface area contributed by atoms with Gasteiger partial charge < -0.3 is 27.0 Å². The third kappa shape index (κ3) is 24.5. The van der Waals surface area contributed by atoms with Crippen LogP contribution in [0, 0.1) is 5.92 Å². The van der Waals surface area contributed by atoms with Crippen molar-refractivity contribution < 1.29 is 29.4 Å². The topological polar surface area (TPSA) is 173 Å². The summed E-state index contributed by atoms with van der Waals surface area (Å²) in [5, 5.41) is 21.6. The van der Waals surface area contributed by atoms with Gasteiger partial charge in [0.1, 0.15) is 11.8 Å². The molecule has 0 aromatic rings. The summed E-state index contributed by atoms with van der Waals surface area (Å²) in [6.45, 7) is 1.46. The summed E-state index contributed by atoms with van der Waals surface area (Å²) in [6.07, 6.45) is 16.2. The molecule has 0 aliphatic rings. The summed E-state index contributed by atoms with van der Waals surface area (Å²) in [5.41, 5.74) is 11.0. The van der Waals surface area contributed by atoms with Gasteiger partial charge in [0.05, 0.1) is 5.92 Å². The maximum Gasteiger partial charge on any atom is 0.326 e. The minimum atomic E-state index is -1.05. The van der Waals surface area contributed by atoms with Crippen molar-refractivity contribution >= 4 is 45.2 Å². The molecule has 40 heavy (non-hydrogen) atoms. The largest absolute Gasteiger partial charge is 0.481 e. The highest BCUT2D eigenvalue weighted by Gasteiger charge is 2.22. The van der Waals surface area contributed by atoms with Gasteiger partial charge in [-0.05, 0) is 51.6 Å². The van der Waals surface area contributed by atoms with E-state index in [-0.39, 0.29) is 18.1 Å². The summed E-state index contributed by atoms with van der Waals surface area (Å²) >= 11 is 0. The van der Waals surface area contributed by atoms with Crippen LogP contribution in [0.5, 0.6) is 0 Å². The van der Waals surface area contributed by atoms with Crippen molar-refractivity contribution in [2.45, 2.75) is 128 Å². The lowest BCUT2D eigenvalue weighted by Crippen LogP contribution is -2.41. The number of nitrogens with two attached hydrogens (primary N) is 2. The number of rotatable bonds is 30. The smallest absolute Gasteiger partial charge is 0.326 e. The van der Waals surface area contributed by atoms with E-state index in [9.17, 15) is 29.4 Å². The van der Waals surface area contributed by atoms with Crippen LogP contribution in [0.3, 0.4) is 0 Å². The Bertz CT molecular complexity index is 628. The number of nitrogens with one attached hydrogen (secondary N) is 1. The molecule has 7 N–H and O–H groups in total. The molecular weight excluding hydrogens is 550 g/mol. The second-order valence-electron chi connectivity index (χ2n) is 10.5. The number of carboxylic acids is 2. The van der Waals surface area contributed by atoms with E-state index in [1.807, 2.05) is 0 Å². The summed E-state index contributed by atoms with van der Waals surface area (Å²) in [4.78, 5) is 47.6. The molecule has 0 spiro atoms. The molecule has 234 valence electrons. The molecule has 0 aromatic heterocycles. The number of unbranched alkanes of at least 4 members (excludes halogenated alkanes) is 12. The van der Waals surface area contributed by atoms with E-state index in [4.69, 9.17) is 11.5 Å². The first-order chi connectivity index (χ1) is 19.3. The molecule has 0 saturated carbocycles. The van der Waals surface area contributed by atoms with Gasteiger partial charge in [-0.15, -0.1) is 0 Å². The van der Waals surface area contributed by atoms with Crippen LogP contribution in [0.1, 0.15) is 122 Å². The fourth-order valence-corrected chi connectivity index (χ4v) is 6.58. The Morgan fingerprint density at radius 3 is 1.52 bits per heavy atom. The molecule has 1 amide bonds. The number of ketones is 1. The fraction of sp³-hybridized carbons (Fsp3) is 0.862. The predicted octanol–water partition coefficient (Wildman–Crippen LogP) is 5.54. The van der Waals surface area contributed by atoms with E-state index < -0.39 is 23.9 Å². The van der Waals surface area contributed by atoms with Gasteiger partial charge in [-0.1, -0.05) is 85.8 Å². The summed E-state index contributed by atoms with van der Waals surface area (Å²) < 4.78 is 0. The number of carbonyl (C=O) groups is 4. The van der Waals surface area contributed by atoms with E-state index in [0.29, 0.717) is 37.2 Å². The highest BCUT2D eigenvalue weighted by Crippen LogP contribution is 2.26. The lowest BCUT2D eigenvalue weighted by atomic mass is 9.97. The van der Waals surface area contributed by atoms with Gasteiger partial charge in [0.25, 0.3) is 0 Å². The van der Waals surface area contributed by atoms with Crippen LogP contribution in [-0.4, -0.2) is 64.5 Å². The fourth-order valence-electron chi connectivity index (χ4n) is 4.35. The van der Waals surface area contributed by atoms with E-state index in [2.05, 4.69) is 5.32 Å². The predicted molar refractivity (Wildman–Crippen MR) is 166 cm³/mol. The molecule has 0 aliphatic carbocycles. The monoisotopic (exact) mass is 605 g/mol. The Morgan fingerprint density at radius 2 is 1.05 bits per heavy atom. The molecule has 11 heteroatoms. The van der Waals surface area contributed by atoms with Gasteiger partial charge in [-0.2, -0.15) is 0 Å². The van der Waals surface area contributed by atoms with Gasteiger partial charge in [-0.3, -0.25) is 14.4 Å². The molecular formula is C29H55N3O6S2. The van der Waals surface area contributed by atoms with Gasteiger partial charge >= 0.3 is 11.9 Å². The minimum absolute atomic E-state index is 0.00994. The molecule has 9 nitrogen and oxygen atoms in total. The first kappa shape index (κ1) is 38.7. The summed E-state index contributed by atoms with van der Waals surface area (Å²) in [5.74, 6) is -1.81. The van der Waals surface area contributed by atoms with Crippen molar-refractivity contribution in [3.8, 4) is 0 Å². The average Bonchev–Trinajstić information content (AvgIpc) is 2.91. The number of carbonyl (C=O) groups excluding carboxylic acids is 2. The van der Waals surface area contributed by atoms with Gasteiger partial charge in [0.15, 0.2) is 0 Å². The van der Waals surface area contributed by atoms with Crippen LogP contribution in [0.25, 0.3) is 0 Å². The number of carboxylic acid groups (broad SMARTS) is 2. The van der Waals surface area contributed by atoms with Crippen LogP contribution in [0.2, 0.25) is 0 Å². The molecule has 0 aromatic carbocycles. The van der Waals surface area contributed by atoms with Crippen LogP contribution in [0.4, 0.5) is 0 Å². The number of Topliss-reactive ketones (excluding diaryl/α,β-unsaturated/α-hetero) is 1. The highest BCUT2D eigenvalue weighted by molar-refractivity contribution is 8.76. The Labute approximate surface area is 249 Å². The van der Waals surface area contributed by atoms with Crippen molar-refractivity contribution in [2.75, 3.05) is 24.6 Å². The van der Waals surface area contributed by atoms with Crippen molar-refractivity contribution in [3.05, 3.63) is 0 Å². The molecule has 0 heterocycles. The van der Waals surface area contributed by atoms with E-state index >= 15 is 0 Å². The van der Waals surface area contributed by atoms with E-state index in [0.717, 1.165) is 96.6 Å². The first-order valence-electron chi connectivity index (χ1n) is 15.2. The number of aliphatic carboxylic acids is 2. The number of hydrogen-bond donors (Lipinski definition) is 5. The molecule has 0 radical (unpaired) electrons. The normalized spacial score (nSPS) is 12.7. The van der Waals surface area contributed by atoms with Crippen molar-refractivity contribution in [2.24, 2.45) is 17.4 Å². The lowest BCUT2D eigenvalue weighted by molar-refractivity contribution is -0.144. The van der Waals surface area contributed by atoms with Gasteiger partial charge in [-0.25, -0.2) is 4.79 Å². The maximum absolute atomic E-state index is 12.3. The van der Waals surface area contributed by atoms with Gasteiger partial charge in [0.2, 0.25) is 5.91 Å². The zero-order valence-electron chi connectivity index (χ0n) is 24.4. The maximum atomic E-state index is 12.3. The molecule has 0 rings (SSSR count). The van der Waals surface area contributed by atoms with E-state index in [1.54, 1.807) is 0 Å². The average molecular weight is 606 g/mol.